The quantitative estimate of drug-likeness (QED) is 0.804. The van der Waals surface area contributed by atoms with E-state index in [1.165, 1.54) is 11.3 Å². The molecule has 0 saturated heterocycles. The highest BCUT2D eigenvalue weighted by Crippen LogP contribution is 2.10. The van der Waals surface area contributed by atoms with Crippen LogP contribution in [0.3, 0.4) is 0 Å². The Hall–Kier alpha value is -1.74. The lowest BCUT2D eigenvalue weighted by molar-refractivity contribution is 0.414. The van der Waals surface area contributed by atoms with Gasteiger partial charge in [-0.1, -0.05) is 12.1 Å². The Balaban J connectivity index is 1.81. The minimum absolute atomic E-state index is 0.860. The second-order valence-corrected chi connectivity index (χ2v) is 3.65. The second-order valence-electron chi connectivity index (χ2n) is 3.65. The Bertz CT molecular complexity index is 406. The van der Waals surface area contributed by atoms with Gasteiger partial charge in [-0.2, -0.15) is 0 Å². The maximum absolute atomic E-state index is 5.11. The molecule has 1 aromatic heterocycles. The molecule has 2 rings (SSSR count). The molecule has 0 aliphatic rings. The fourth-order valence-electron chi connectivity index (χ4n) is 1.56. The van der Waals surface area contributed by atoms with Crippen LogP contribution in [0.25, 0.3) is 0 Å². The summed E-state index contributed by atoms with van der Waals surface area (Å²) < 4.78 is 5.11. The number of hydrogen-bond acceptors (Lipinski definition) is 2. The van der Waals surface area contributed by atoms with Gasteiger partial charge < -0.3 is 15.0 Å². The van der Waals surface area contributed by atoms with Crippen LogP contribution >= 0.6 is 0 Å². The molecule has 2 N–H and O–H groups in total. The van der Waals surface area contributed by atoms with Crippen molar-refractivity contribution in [1.82, 2.24) is 10.3 Å². The summed E-state index contributed by atoms with van der Waals surface area (Å²) in [6, 6.07) is 12.2. The molecule has 0 atom stereocenters. The summed E-state index contributed by atoms with van der Waals surface area (Å²) in [6.07, 6.45) is 1.93. The van der Waals surface area contributed by atoms with Gasteiger partial charge in [-0.15, -0.1) is 0 Å². The molecule has 0 fully saturated rings. The normalized spacial score (nSPS) is 10.3. The van der Waals surface area contributed by atoms with Crippen molar-refractivity contribution < 1.29 is 4.74 Å². The molecule has 0 radical (unpaired) electrons. The SMILES string of the molecule is COc1ccc(CNCc2ccc[nH]2)cc1. The van der Waals surface area contributed by atoms with Crippen LogP contribution < -0.4 is 10.1 Å². The topological polar surface area (TPSA) is 37.0 Å². The molecule has 3 nitrogen and oxygen atoms in total. The zero-order valence-electron chi connectivity index (χ0n) is 9.36. The molecule has 0 spiro atoms. The van der Waals surface area contributed by atoms with Gasteiger partial charge in [-0.3, -0.25) is 0 Å². The van der Waals surface area contributed by atoms with Gasteiger partial charge in [-0.05, 0) is 29.8 Å². The number of rotatable bonds is 5. The van der Waals surface area contributed by atoms with E-state index in [4.69, 9.17) is 4.74 Å². The molecule has 3 heteroatoms. The van der Waals surface area contributed by atoms with Gasteiger partial charge in [0.25, 0.3) is 0 Å². The first-order valence-electron chi connectivity index (χ1n) is 5.34. The van der Waals surface area contributed by atoms with Crippen molar-refractivity contribution in [2.24, 2.45) is 0 Å². The average Bonchev–Trinajstić information content (AvgIpc) is 2.83. The van der Waals surface area contributed by atoms with E-state index in [0.717, 1.165) is 18.8 Å². The molecule has 0 unspecified atom stereocenters. The zero-order valence-corrected chi connectivity index (χ0v) is 9.36. The largest absolute Gasteiger partial charge is 0.497 e. The van der Waals surface area contributed by atoms with E-state index in [-0.39, 0.29) is 0 Å². The lowest BCUT2D eigenvalue weighted by Gasteiger charge is -2.05. The third-order valence-corrected chi connectivity index (χ3v) is 2.47. The monoisotopic (exact) mass is 216 g/mol. The van der Waals surface area contributed by atoms with Crippen LogP contribution in [0.2, 0.25) is 0 Å². The summed E-state index contributed by atoms with van der Waals surface area (Å²) in [7, 11) is 1.68. The summed E-state index contributed by atoms with van der Waals surface area (Å²) in [5.74, 6) is 0.896. The third kappa shape index (κ3) is 2.87. The Morgan fingerprint density at radius 2 is 1.94 bits per heavy atom. The molecule has 0 saturated carbocycles. The highest BCUT2D eigenvalue weighted by atomic mass is 16.5. The van der Waals surface area contributed by atoms with Crippen LogP contribution in [0.1, 0.15) is 11.3 Å². The number of methoxy groups -OCH3 is 1. The molecular weight excluding hydrogens is 200 g/mol. The van der Waals surface area contributed by atoms with Gasteiger partial charge in [0, 0.05) is 25.0 Å². The Kier molecular flexibility index (Phi) is 3.62. The molecule has 0 aliphatic heterocycles. The van der Waals surface area contributed by atoms with E-state index >= 15 is 0 Å². The number of H-pyrrole nitrogens is 1. The number of benzene rings is 1. The molecule has 2 aromatic rings. The highest BCUT2D eigenvalue weighted by Gasteiger charge is 1.95. The first kappa shape index (κ1) is 10.8. The predicted octanol–water partition coefficient (Wildman–Crippen LogP) is 2.31. The van der Waals surface area contributed by atoms with Crippen molar-refractivity contribution in [3.05, 3.63) is 53.9 Å². The van der Waals surface area contributed by atoms with Crippen LogP contribution in [0.5, 0.6) is 5.75 Å². The maximum Gasteiger partial charge on any atom is 0.118 e. The molecule has 1 heterocycles. The van der Waals surface area contributed by atoms with Crippen molar-refractivity contribution in [3.63, 3.8) is 0 Å². The number of aromatic amines is 1. The van der Waals surface area contributed by atoms with E-state index < -0.39 is 0 Å². The van der Waals surface area contributed by atoms with Crippen LogP contribution in [-0.2, 0) is 13.1 Å². The molecule has 0 bridgehead atoms. The predicted molar refractivity (Wildman–Crippen MR) is 64.3 cm³/mol. The van der Waals surface area contributed by atoms with Crippen LogP contribution in [-0.4, -0.2) is 12.1 Å². The minimum Gasteiger partial charge on any atom is -0.497 e. The van der Waals surface area contributed by atoms with Crippen molar-refractivity contribution >= 4 is 0 Å². The van der Waals surface area contributed by atoms with Gasteiger partial charge in [0.05, 0.1) is 7.11 Å². The molecule has 0 amide bonds. The first-order valence-corrected chi connectivity index (χ1v) is 5.34. The van der Waals surface area contributed by atoms with Crippen molar-refractivity contribution in [2.45, 2.75) is 13.1 Å². The van der Waals surface area contributed by atoms with E-state index in [1.54, 1.807) is 7.11 Å². The van der Waals surface area contributed by atoms with Crippen molar-refractivity contribution in [3.8, 4) is 5.75 Å². The maximum atomic E-state index is 5.11. The highest BCUT2D eigenvalue weighted by molar-refractivity contribution is 5.27. The minimum atomic E-state index is 0.860. The lowest BCUT2D eigenvalue weighted by Crippen LogP contribution is -2.12. The van der Waals surface area contributed by atoms with E-state index in [1.807, 2.05) is 24.4 Å². The molecular formula is C13H16N2O. The summed E-state index contributed by atoms with van der Waals surface area (Å²) in [4.78, 5) is 3.16. The zero-order chi connectivity index (χ0) is 11.2. The van der Waals surface area contributed by atoms with Crippen LogP contribution in [0.4, 0.5) is 0 Å². The van der Waals surface area contributed by atoms with Crippen LogP contribution in [0.15, 0.2) is 42.6 Å². The van der Waals surface area contributed by atoms with Crippen molar-refractivity contribution in [2.75, 3.05) is 7.11 Å². The summed E-state index contributed by atoms with van der Waals surface area (Å²) in [5.41, 5.74) is 2.46. The summed E-state index contributed by atoms with van der Waals surface area (Å²) in [6.45, 7) is 1.72. The van der Waals surface area contributed by atoms with Gasteiger partial charge in [0.2, 0.25) is 0 Å². The Labute approximate surface area is 95.5 Å². The first-order chi connectivity index (χ1) is 7.88. The second kappa shape index (κ2) is 5.37. The number of ether oxygens (including phenoxy) is 1. The Morgan fingerprint density at radius 3 is 2.56 bits per heavy atom. The van der Waals surface area contributed by atoms with Gasteiger partial charge in [0.1, 0.15) is 5.75 Å². The lowest BCUT2D eigenvalue weighted by atomic mass is 10.2. The number of hydrogen-bond donors (Lipinski definition) is 2. The number of aromatic nitrogens is 1. The molecule has 84 valence electrons. The summed E-state index contributed by atoms with van der Waals surface area (Å²) in [5, 5.41) is 3.37. The van der Waals surface area contributed by atoms with Crippen LogP contribution in [0, 0.1) is 0 Å². The molecule has 1 aromatic carbocycles. The number of nitrogens with one attached hydrogen (secondary N) is 2. The van der Waals surface area contributed by atoms with Gasteiger partial charge in [-0.25, -0.2) is 0 Å². The fraction of sp³-hybridized carbons (Fsp3) is 0.231. The smallest absolute Gasteiger partial charge is 0.118 e. The molecule has 16 heavy (non-hydrogen) atoms. The van der Waals surface area contributed by atoms with Gasteiger partial charge in [0.15, 0.2) is 0 Å². The summed E-state index contributed by atoms with van der Waals surface area (Å²) >= 11 is 0. The third-order valence-electron chi connectivity index (χ3n) is 2.47. The van der Waals surface area contributed by atoms with E-state index in [0.29, 0.717) is 0 Å². The standard InChI is InChI=1S/C13H16N2O/c1-16-13-6-4-11(5-7-13)9-14-10-12-3-2-8-15-12/h2-8,14-15H,9-10H2,1H3. The van der Waals surface area contributed by atoms with Gasteiger partial charge >= 0.3 is 0 Å². The van der Waals surface area contributed by atoms with E-state index in [9.17, 15) is 0 Å². The average molecular weight is 216 g/mol. The van der Waals surface area contributed by atoms with E-state index in [2.05, 4.69) is 28.5 Å². The van der Waals surface area contributed by atoms with Crippen molar-refractivity contribution in [1.29, 1.82) is 0 Å². The molecule has 0 aliphatic carbocycles. The Morgan fingerprint density at radius 1 is 1.12 bits per heavy atom. The fourth-order valence-corrected chi connectivity index (χ4v) is 1.56.